The first-order valence-electron chi connectivity index (χ1n) is 7.38. The van der Waals surface area contributed by atoms with E-state index in [1.807, 2.05) is 37.3 Å². The number of nitrogens with one attached hydrogen (secondary N) is 1. The van der Waals surface area contributed by atoms with Crippen LogP contribution in [-0.2, 0) is 12.8 Å². The van der Waals surface area contributed by atoms with E-state index in [2.05, 4.69) is 20.7 Å². The van der Waals surface area contributed by atoms with Crippen LogP contribution in [0.25, 0.3) is 11.3 Å². The second-order valence-electron chi connectivity index (χ2n) is 4.89. The summed E-state index contributed by atoms with van der Waals surface area (Å²) < 4.78 is 5.22. The molecule has 0 aliphatic heterocycles. The fraction of sp³-hybridized carbons (Fsp3) is 0.250. The molecule has 0 bridgehead atoms. The van der Waals surface area contributed by atoms with E-state index in [-0.39, 0.29) is 11.6 Å². The molecule has 2 aromatic heterocycles. The third kappa shape index (κ3) is 3.81. The zero-order chi connectivity index (χ0) is 16.1. The van der Waals surface area contributed by atoms with Crippen molar-refractivity contribution in [3.63, 3.8) is 0 Å². The van der Waals surface area contributed by atoms with Gasteiger partial charge in [0.1, 0.15) is 10.0 Å². The molecule has 23 heavy (non-hydrogen) atoms. The number of carbonyl (C=O) groups excluding carboxylic acids is 1. The number of amides is 1. The number of aryl methyl sites for hydroxylation is 1. The molecular weight excluding hydrogens is 312 g/mol. The Bertz CT molecular complexity index is 782. The average Bonchev–Trinajstić information content (AvgIpc) is 3.25. The van der Waals surface area contributed by atoms with Gasteiger partial charge in [0.25, 0.3) is 5.91 Å². The van der Waals surface area contributed by atoms with Crippen LogP contribution in [0.15, 0.2) is 40.9 Å². The summed E-state index contributed by atoms with van der Waals surface area (Å²) in [6.45, 7) is 2.53. The minimum atomic E-state index is -0.254. The molecular formula is C16H16N4O2S. The van der Waals surface area contributed by atoms with Crippen molar-refractivity contribution in [2.24, 2.45) is 0 Å². The molecule has 0 radical (unpaired) electrons. The van der Waals surface area contributed by atoms with Crippen LogP contribution in [0, 0.1) is 0 Å². The van der Waals surface area contributed by atoms with E-state index in [0.717, 1.165) is 22.0 Å². The van der Waals surface area contributed by atoms with E-state index < -0.39 is 0 Å². The number of nitrogens with zero attached hydrogens (tertiary/aromatic N) is 3. The molecule has 7 heteroatoms. The second kappa shape index (κ2) is 7.15. The van der Waals surface area contributed by atoms with Crippen molar-refractivity contribution in [1.29, 1.82) is 0 Å². The van der Waals surface area contributed by atoms with Gasteiger partial charge in [0.15, 0.2) is 11.5 Å². The first kappa shape index (κ1) is 15.4. The summed E-state index contributed by atoms with van der Waals surface area (Å²) in [5.74, 6) is 0.323. The van der Waals surface area contributed by atoms with Gasteiger partial charge in [0, 0.05) is 24.6 Å². The molecule has 0 unspecified atom stereocenters. The largest absolute Gasteiger partial charge is 0.355 e. The van der Waals surface area contributed by atoms with Crippen LogP contribution < -0.4 is 5.32 Å². The molecule has 1 amide bonds. The van der Waals surface area contributed by atoms with Crippen molar-refractivity contribution in [3.8, 4) is 11.3 Å². The summed E-state index contributed by atoms with van der Waals surface area (Å²) in [5.41, 5.74) is 1.16. The smallest absolute Gasteiger partial charge is 0.273 e. The molecule has 0 fully saturated rings. The lowest BCUT2D eigenvalue weighted by Crippen LogP contribution is -2.25. The van der Waals surface area contributed by atoms with Crippen LogP contribution in [-0.4, -0.2) is 27.8 Å². The van der Waals surface area contributed by atoms with Crippen molar-refractivity contribution < 1.29 is 9.32 Å². The van der Waals surface area contributed by atoms with Gasteiger partial charge < -0.3 is 9.84 Å². The van der Waals surface area contributed by atoms with Gasteiger partial charge in [-0.05, 0) is 6.42 Å². The van der Waals surface area contributed by atoms with Crippen molar-refractivity contribution >= 4 is 17.2 Å². The minimum absolute atomic E-state index is 0.254. The number of hydrogen-bond acceptors (Lipinski definition) is 6. The highest BCUT2D eigenvalue weighted by Gasteiger charge is 2.13. The highest BCUT2D eigenvalue weighted by atomic mass is 32.1. The van der Waals surface area contributed by atoms with Crippen LogP contribution in [0.3, 0.4) is 0 Å². The van der Waals surface area contributed by atoms with E-state index in [1.54, 1.807) is 17.4 Å². The zero-order valence-corrected chi connectivity index (χ0v) is 13.5. The number of carbonyl (C=O) groups is 1. The van der Waals surface area contributed by atoms with Gasteiger partial charge in [-0.25, -0.2) is 0 Å². The second-order valence-corrected chi connectivity index (χ2v) is 6.04. The quantitative estimate of drug-likeness (QED) is 0.752. The maximum atomic E-state index is 12.1. The van der Waals surface area contributed by atoms with Crippen LogP contribution in [0.5, 0.6) is 0 Å². The van der Waals surface area contributed by atoms with Crippen molar-refractivity contribution in [2.45, 2.75) is 19.8 Å². The van der Waals surface area contributed by atoms with Crippen molar-refractivity contribution in [3.05, 3.63) is 52.1 Å². The predicted molar refractivity (Wildman–Crippen MR) is 87.3 cm³/mol. The highest BCUT2D eigenvalue weighted by molar-refractivity contribution is 7.11. The number of benzene rings is 1. The Labute approximate surface area is 137 Å². The summed E-state index contributed by atoms with van der Waals surface area (Å²) >= 11 is 1.57. The summed E-state index contributed by atoms with van der Waals surface area (Å²) in [6, 6.07) is 11.2. The number of hydrogen-bond donors (Lipinski definition) is 1. The molecule has 0 aliphatic rings. The fourth-order valence-electron chi connectivity index (χ4n) is 2.03. The Kier molecular flexibility index (Phi) is 4.77. The van der Waals surface area contributed by atoms with Gasteiger partial charge in [-0.15, -0.1) is 21.5 Å². The third-order valence-electron chi connectivity index (χ3n) is 3.24. The van der Waals surface area contributed by atoms with Gasteiger partial charge >= 0.3 is 0 Å². The lowest BCUT2D eigenvalue weighted by Gasteiger charge is -1.99. The van der Waals surface area contributed by atoms with Gasteiger partial charge in [0.2, 0.25) is 0 Å². The van der Waals surface area contributed by atoms with Crippen LogP contribution in [0.2, 0.25) is 0 Å². The van der Waals surface area contributed by atoms with E-state index in [9.17, 15) is 4.79 Å². The predicted octanol–water partition coefficient (Wildman–Crippen LogP) is 2.73. The normalized spacial score (nSPS) is 10.7. The summed E-state index contributed by atoms with van der Waals surface area (Å²) in [7, 11) is 0. The first-order chi connectivity index (χ1) is 11.3. The van der Waals surface area contributed by atoms with E-state index in [1.165, 1.54) is 0 Å². The maximum Gasteiger partial charge on any atom is 0.273 e. The minimum Gasteiger partial charge on any atom is -0.355 e. The van der Waals surface area contributed by atoms with Gasteiger partial charge in [0.05, 0.1) is 0 Å². The van der Waals surface area contributed by atoms with Crippen LogP contribution in [0.1, 0.15) is 27.4 Å². The fourth-order valence-corrected chi connectivity index (χ4v) is 2.81. The first-order valence-corrected chi connectivity index (χ1v) is 8.19. The Morgan fingerprint density at radius 3 is 2.74 bits per heavy atom. The summed E-state index contributed by atoms with van der Waals surface area (Å²) in [4.78, 5) is 12.1. The molecule has 2 heterocycles. The molecule has 0 spiro atoms. The molecule has 3 aromatic rings. The third-order valence-corrected chi connectivity index (χ3v) is 4.36. The molecule has 1 N–H and O–H groups in total. The number of aromatic nitrogens is 3. The Morgan fingerprint density at radius 2 is 2.00 bits per heavy atom. The van der Waals surface area contributed by atoms with E-state index in [4.69, 9.17) is 4.52 Å². The Balaban J connectivity index is 1.55. The lowest BCUT2D eigenvalue weighted by atomic mass is 10.1. The highest BCUT2D eigenvalue weighted by Crippen LogP contribution is 2.19. The Hall–Kier alpha value is -2.54. The maximum absolute atomic E-state index is 12.1. The molecule has 6 nitrogen and oxygen atoms in total. The molecule has 0 atom stereocenters. The lowest BCUT2D eigenvalue weighted by molar-refractivity contribution is 0.0945. The van der Waals surface area contributed by atoms with Crippen LogP contribution >= 0.6 is 11.3 Å². The molecule has 3 rings (SSSR count). The summed E-state index contributed by atoms with van der Waals surface area (Å²) in [6.07, 6.45) is 1.54. The van der Waals surface area contributed by atoms with E-state index in [0.29, 0.717) is 18.7 Å². The monoisotopic (exact) mass is 328 g/mol. The van der Waals surface area contributed by atoms with Crippen molar-refractivity contribution in [2.75, 3.05) is 6.54 Å². The number of rotatable bonds is 6. The SMILES string of the molecule is CCc1nnc(CCNC(=O)c2cc(-c3ccccc3)on2)s1. The van der Waals surface area contributed by atoms with E-state index >= 15 is 0 Å². The van der Waals surface area contributed by atoms with Gasteiger partial charge in [-0.2, -0.15) is 0 Å². The molecule has 0 saturated carbocycles. The van der Waals surface area contributed by atoms with Crippen molar-refractivity contribution in [1.82, 2.24) is 20.7 Å². The molecule has 0 aliphatic carbocycles. The topological polar surface area (TPSA) is 80.9 Å². The zero-order valence-electron chi connectivity index (χ0n) is 12.7. The van der Waals surface area contributed by atoms with Crippen LogP contribution in [0.4, 0.5) is 0 Å². The van der Waals surface area contributed by atoms with Gasteiger partial charge in [-0.1, -0.05) is 42.4 Å². The van der Waals surface area contributed by atoms with Gasteiger partial charge in [-0.3, -0.25) is 4.79 Å². The summed E-state index contributed by atoms with van der Waals surface area (Å²) in [5, 5.41) is 16.7. The average molecular weight is 328 g/mol. The molecule has 1 aromatic carbocycles. The standard InChI is InChI=1S/C16H16N4O2S/c1-2-14-18-19-15(23-14)8-9-17-16(21)12-10-13(22-20-12)11-6-4-3-5-7-11/h3-7,10H,2,8-9H2,1H3,(H,17,21). The molecule has 0 saturated heterocycles. The molecule has 118 valence electrons. The Morgan fingerprint density at radius 1 is 1.22 bits per heavy atom.